The molecule has 0 unspecified atom stereocenters. The van der Waals surface area contributed by atoms with Crippen LogP contribution in [0.5, 0.6) is 0 Å². The Morgan fingerprint density at radius 2 is 1.96 bits per heavy atom. The number of carbonyl (C=O) groups is 1. The van der Waals surface area contributed by atoms with E-state index in [-0.39, 0.29) is 5.69 Å². The molecular formula is C16H18Cl2N4O2. The first-order chi connectivity index (χ1) is 11.5. The summed E-state index contributed by atoms with van der Waals surface area (Å²) in [5.41, 5.74) is 0.587. The second-order valence-corrected chi connectivity index (χ2v) is 5.82. The fraction of sp³-hybridized carbons (Fsp3) is 0.312. The average Bonchev–Trinajstić information content (AvgIpc) is 2.54. The Bertz CT molecular complexity index is 705. The highest BCUT2D eigenvalue weighted by Crippen LogP contribution is 2.30. The molecule has 0 saturated carbocycles. The third-order valence-electron chi connectivity index (χ3n) is 3.10. The Morgan fingerprint density at radius 3 is 2.62 bits per heavy atom. The first kappa shape index (κ1) is 18.4. The van der Waals surface area contributed by atoms with Gasteiger partial charge in [0.1, 0.15) is 17.3 Å². The second-order valence-electron chi connectivity index (χ2n) is 5.01. The van der Waals surface area contributed by atoms with Gasteiger partial charge < -0.3 is 15.4 Å². The van der Waals surface area contributed by atoms with Crippen molar-refractivity contribution in [2.45, 2.75) is 13.3 Å². The Kier molecular flexibility index (Phi) is 6.78. The molecule has 0 atom stereocenters. The number of anilines is 2. The zero-order valence-corrected chi connectivity index (χ0v) is 14.9. The van der Waals surface area contributed by atoms with E-state index in [1.165, 1.54) is 0 Å². The fourth-order valence-electron chi connectivity index (χ4n) is 2.00. The minimum Gasteiger partial charge on any atom is -0.385 e. The van der Waals surface area contributed by atoms with Crippen molar-refractivity contribution in [1.29, 1.82) is 0 Å². The molecule has 0 fully saturated rings. The van der Waals surface area contributed by atoms with Gasteiger partial charge in [0.25, 0.3) is 5.91 Å². The SMILES string of the molecule is COCCCNc1cc(C(=O)Nc2c(Cl)cccc2Cl)nc(C)n1. The van der Waals surface area contributed by atoms with Crippen molar-refractivity contribution in [1.82, 2.24) is 9.97 Å². The maximum Gasteiger partial charge on any atom is 0.274 e. The molecule has 1 amide bonds. The van der Waals surface area contributed by atoms with Gasteiger partial charge in [-0.05, 0) is 25.5 Å². The number of carbonyl (C=O) groups excluding carboxylic acids is 1. The van der Waals surface area contributed by atoms with Crippen molar-refractivity contribution >= 4 is 40.6 Å². The average molecular weight is 369 g/mol. The number of hydrogen-bond donors (Lipinski definition) is 2. The van der Waals surface area contributed by atoms with Gasteiger partial charge in [-0.15, -0.1) is 0 Å². The van der Waals surface area contributed by atoms with Crippen LogP contribution in [0.3, 0.4) is 0 Å². The van der Waals surface area contributed by atoms with Crippen LogP contribution in [0, 0.1) is 6.92 Å². The molecule has 1 aromatic carbocycles. The molecule has 6 nitrogen and oxygen atoms in total. The fourth-order valence-corrected chi connectivity index (χ4v) is 2.49. The molecule has 1 aromatic heterocycles. The highest BCUT2D eigenvalue weighted by atomic mass is 35.5. The third-order valence-corrected chi connectivity index (χ3v) is 3.73. The Labute approximate surface area is 150 Å². The lowest BCUT2D eigenvalue weighted by molar-refractivity contribution is 0.102. The highest BCUT2D eigenvalue weighted by molar-refractivity contribution is 6.40. The molecule has 2 N–H and O–H groups in total. The van der Waals surface area contributed by atoms with E-state index in [0.717, 1.165) is 6.42 Å². The predicted molar refractivity (Wildman–Crippen MR) is 96.2 cm³/mol. The van der Waals surface area contributed by atoms with Gasteiger partial charge in [0.15, 0.2) is 0 Å². The number of aryl methyl sites for hydroxylation is 1. The molecule has 24 heavy (non-hydrogen) atoms. The molecular weight excluding hydrogens is 351 g/mol. The molecule has 0 aliphatic heterocycles. The molecule has 0 saturated heterocycles. The number of rotatable bonds is 7. The zero-order valence-electron chi connectivity index (χ0n) is 13.4. The zero-order chi connectivity index (χ0) is 17.5. The number of aromatic nitrogens is 2. The lowest BCUT2D eigenvalue weighted by Crippen LogP contribution is -2.16. The van der Waals surface area contributed by atoms with Gasteiger partial charge in [-0.3, -0.25) is 4.79 Å². The topological polar surface area (TPSA) is 76.1 Å². The minimum absolute atomic E-state index is 0.229. The van der Waals surface area contributed by atoms with Crippen molar-refractivity contribution in [2.24, 2.45) is 0 Å². The van der Waals surface area contributed by atoms with E-state index in [2.05, 4.69) is 20.6 Å². The lowest BCUT2D eigenvalue weighted by Gasteiger charge is -2.11. The summed E-state index contributed by atoms with van der Waals surface area (Å²) in [5.74, 6) is 0.659. The van der Waals surface area contributed by atoms with E-state index >= 15 is 0 Å². The van der Waals surface area contributed by atoms with Gasteiger partial charge in [0.05, 0.1) is 15.7 Å². The number of nitrogens with zero attached hydrogens (tertiary/aromatic N) is 2. The largest absolute Gasteiger partial charge is 0.385 e. The normalized spacial score (nSPS) is 10.5. The van der Waals surface area contributed by atoms with Gasteiger partial charge in [-0.25, -0.2) is 9.97 Å². The van der Waals surface area contributed by atoms with Crippen LogP contribution in [0.1, 0.15) is 22.7 Å². The number of benzene rings is 1. The summed E-state index contributed by atoms with van der Waals surface area (Å²) in [6.07, 6.45) is 0.830. The van der Waals surface area contributed by atoms with Crippen molar-refractivity contribution in [3.63, 3.8) is 0 Å². The number of para-hydroxylation sites is 1. The van der Waals surface area contributed by atoms with E-state index in [1.807, 2.05) is 0 Å². The smallest absolute Gasteiger partial charge is 0.274 e. The quantitative estimate of drug-likeness (QED) is 0.727. The molecule has 8 heteroatoms. The predicted octanol–water partition coefficient (Wildman–Crippen LogP) is 3.79. The van der Waals surface area contributed by atoms with Crippen molar-refractivity contribution in [3.05, 3.63) is 45.8 Å². The van der Waals surface area contributed by atoms with Crippen LogP contribution < -0.4 is 10.6 Å². The van der Waals surface area contributed by atoms with Crippen molar-refractivity contribution in [2.75, 3.05) is 30.9 Å². The standard InChI is InChI=1S/C16H18Cl2N4O2/c1-10-20-13(9-14(21-10)19-7-4-8-24-2)16(23)22-15-11(17)5-3-6-12(15)18/h3,5-6,9H,4,7-8H2,1-2H3,(H,22,23)(H,19,20,21). The number of amides is 1. The van der Waals surface area contributed by atoms with E-state index in [9.17, 15) is 4.79 Å². The maximum atomic E-state index is 12.4. The monoisotopic (exact) mass is 368 g/mol. The molecule has 2 rings (SSSR count). The summed E-state index contributed by atoms with van der Waals surface area (Å²) in [6, 6.07) is 6.59. The number of hydrogen-bond acceptors (Lipinski definition) is 5. The molecule has 0 spiro atoms. The van der Waals surface area contributed by atoms with Crippen LogP contribution in [-0.2, 0) is 4.74 Å². The number of methoxy groups -OCH3 is 1. The van der Waals surface area contributed by atoms with Crippen LogP contribution in [-0.4, -0.2) is 36.1 Å². The van der Waals surface area contributed by atoms with E-state index in [0.29, 0.717) is 40.5 Å². The first-order valence-electron chi connectivity index (χ1n) is 7.35. The Balaban J connectivity index is 2.13. The lowest BCUT2D eigenvalue weighted by atomic mass is 10.3. The first-order valence-corrected chi connectivity index (χ1v) is 8.10. The Hall–Kier alpha value is -1.89. The van der Waals surface area contributed by atoms with E-state index in [4.69, 9.17) is 27.9 Å². The van der Waals surface area contributed by atoms with Gasteiger partial charge in [-0.2, -0.15) is 0 Å². The van der Waals surface area contributed by atoms with Crippen molar-refractivity contribution < 1.29 is 9.53 Å². The number of ether oxygens (including phenoxy) is 1. The third kappa shape index (κ3) is 5.06. The van der Waals surface area contributed by atoms with E-state index in [1.54, 1.807) is 38.3 Å². The second kappa shape index (κ2) is 8.82. The molecule has 0 bridgehead atoms. The molecule has 0 aliphatic rings. The molecule has 1 heterocycles. The molecule has 0 radical (unpaired) electrons. The van der Waals surface area contributed by atoms with Crippen LogP contribution in [0.15, 0.2) is 24.3 Å². The number of nitrogens with one attached hydrogen (secondary N) is 2. The van der Waals surface area contributed by atoms with Gasteiger partial charge >= 0.3 is 0 Å². The van der Waals surface area contributed by atoms with Crippen LogP contribution in [0.4, 0.5) is 11.5 Å². The highest BCUT2D eigenvalue weighted by Gasteiger charge is 2.14. The summed E-state index contributed by atoms with van der Waals surface area (Å²) in [5, 5.41) is 6.55. The minimum atomic E-state index is -0.407. The van der Waals surface area contributed by atoms with Crippen LogP contribution >= 0.6 is 23.2 Å². The van der Waals surface area contributed by atoms with Crippen LogP contribution in [0.25, 0.3) is 0 Å². The van der Waals surface area contributed by atoms with Crippen LogP contribution in [0.2, 0.25) is 10.0 Å². The summed E-state index contributed by atoms with van der Waals surface area (Å²) in [4.78, 5) is 20.9. The summed E-state index contributed by atoms with van der Waals surface area (Å²) >= 11 is 12.1. The number of halogens is 2. The summed E-state index contributed by atoms with van der Waals surface area (Å²) in [7, 11) is 1.65. The maximum absolute atomic E-state index is 12.4. The van der Waals surface area contributed by atoms with Gasteiger partial charge in [0.2, 0.25) is 0 Å². The van der Waals surface area contributed by atoms with Crippen molar-refractivity contribution in [3.8, 4) is 0 Å². The molecule has 2 aromatic rings. The Morgan fingerprint density at radius 1 is 1.25 bits per heavy atom. The van der Waals surface area contributed by atoms with Gasteiger partial charge in [-0.1, -0.05) is 29.3 Å². The van der Waals surface area contributed by atoms with E-state index < -0.39 is 5.91 Å². The summed E-state index contributed by atoms with van der Waals surface area (Å²) < 4.78 is 4.99. The molecule has 0 aliphatic carbocycles. The molecule has 128 valence electrons. The summed E-state index contributed by atoms with van der Waals surface area (Å²) in [6.45, 7) is 3.05. The van der Waals surface area contributed by atoms with Gasteiger partial charge in [0, 0.05) is 26.3 Å².